The van der Waals surface area contributed by atoms with Crippen molar-refractivity contribution in [3.05, 3.63) is 34.6 Å². The van der Waals surface area contributed by atoms with Gasteiger partial charge in [-0.05, 0) is 18.6 Å². The Morgan fingerprint density at radius 3 is 3.00 bits per heavy atom. The summed E-state index contributed by atoms with van der Waals surface area (Å²) in [6, 6.07) is 3.81. The first kappa shape index (κ1) is 9.62. The highest BCUT2D eigenvalue weighted by Crippen LogP contribution is 2.28. The van der Waals surface area contributed by atoms with Gasteiger partial charge in [-0.1, -0.05) is 18.5 Å². The average molecular weight is 225 g/mol. The van der Waals surface area contributed by atoms with Crippen LogP contribution in [-0.4, -0.2) is 9.97 Å². The SMILES string of the molecule is CCc1csc(-c2cccnc2Cl)n1. The predicted molar refractivity (Wildman–Crippen MR) is 59.7 cm³/mol. The minimum Gasteiger partial charge on any atom is -0.244 e. The van der Waals surface area contributed by atoms with Gasteiger partial charge in [0.1, 0.15) is 10.2 Å². The number of aromatic nitrogens is 2. The van der Waals surface area contributed by atoms with E-state index in [2.05, 4.69) is 22.3 Å². The van der Waals surface area contributed by atoms with E-state index in [9.17, 15) is 0 Å². The number of hydrogen-bond donors (Lipinski definition) is 0. The zero-order valence-corrected chi connectivity index (χ0v) is 9.27. The fourth-order valence-electron chi connectivity index (χ4n) is 1.14. The number of hydrogen-bond acceptors (Lipinski definition) is 3. The number of pyridine rings is 1. The Hall–Kier alpha value is -0.930. The van der Waals surface area contributed by atoms with Crippen LogP contribution >= 0.6 is 22.9 Å². The van der Waals surface area contributed by atoms with Gasteiger partial charge in [-0.2, -0.15) is 0 Å². The molecule has 0 atom stereocenters. The molecular weight excluding hydrogens is 216 g/mol. The molecule has 2 aromatic heterocycles. The maximum absolute atomic E-state index is 5.97. The largest absolute Gasteiger partial charge is 0.244 e. The second kappa shape index (κ2) is 4.07. The van der Waals surface area contributed by atoms with E-state index in [0.29, 0.717) is 5.15 Å². The molecule has 14 heavy (non-hydrogen) atoms. The molecule has 2 nitrogen and oxygen atoms in total. The Labute approximate surface area is 91.6 Å². The van der Waals surface area contributed by atoms with Gasteiger partial charge >= 0.3 is 0 Å². The zero-order valence-electron chi connectivity index (χ0n) is 7.70. The second-order valence-electron chi connectivity index (χ2n) is 2.84. The summed E-state index contributed by atoms with van der Waals surface area (Å²) in [5.41, 5.74) is 2.02. The lowest BCUT2D eigenvalue weighted by Crippen LogP contribution is -1.83. The van der Waals surface area contributed by atoms with E-state index in [-0.39, 0.29) is 0 Å². The summed E-state index contributed by atoms with van der Waals surface area (Å²) >= 11 is 7.57. The van der Waals surface area contributed by atoms with Gasteiger partial charge in [-0.15, -0.1) is 11.3 Å². The molecule has 2 aromatic rings. The Kier molecular flexibility index (Phi) is 2.79. The third-order valence-electron chi connectivity index (χ3n) is 1.90. The van der Waals surface area contributed by atoms with Crippen molar-refractivity contribution in [1.29, 1.82) is 0 Å². The molecule has 0 saturated carbocycles. The summed E-state index contributed by atoms with van der Waals surface area (Å²) in [6.45, 7) is 2.09. The van der Waals surface area contributed by atoms with Crippen LogP contribution in [0.15, 0.2) is 23.7 Å². The lowest BCUT2D eigenvalue weighted by Gasteiger charge is -1.97. The van der Waals surface area contributed by atoms with E-state index in [4.69, 9.17) is 11.6 Å². The molecule has 0 spiro atoms. The molecule has 0 aliphatic heterocycles. The molecule has 0 aliphatic carbocycles. The normalized spacial score (nSPS) is 10.4. The third-order valence-corrected chi connectivity index (χ3v) is 3.13. The van der Waals surface area contributed by atoms with Crippen LogP contribution in [0.3, 0.4) is 0 Å². The molecule has 0 amide bonds. The van der Waals surface area contributed by atoms with Crippen molar-refractivity contribution in [2.45, 2.75) is 13.3 Å². The van der Waals surface area contributed by atoms with Gasteiger partial charge in [0.2, 0.25) is 0 Å². The number of halogens is 1. The molecule has 0 N–H and O–H groups in total. The standard InChI is InChI=1S/C10H9ClN2S/c1-2-7-6-14-10(13-7)8-4-3-5-12-9(8)11/h3-6H,2H2,1H3. The minimum atomic E-state index is 0.518. The van der Waals surface area contributed by atoms with Crippen LogP contribution in [-0.2, 0) is 6.42 Å². The molecule has 0 fully saturated rings. The lowest BCUT2D eigenvalue weighted by molar-refractivity contribution is 1.06. The van der Waals surface area contributed by atoms with Crippen molar-refractivity contribution in [2.24, 2.45) is 0 Å². The quantitative estimate of drug-likeness (QED) is 0.731. The van der Waals surface area contributed by atoms with E-state index in [1.54, 1.807) is 17.5 Å². The summed E-state index contributed by atoms with van der Waals surface area (Å²) in [5.74, 6) is 0. The number of rotatable bonds is 2. The van der Waals surface area contributed by atoms with Gasteiger partial charge < -0.3 is 0 Å². The third kappa shape index (κ3) is 1.79. The first-order valence-corrected chi connectivity index (χ1v) is 5.62. The van der Waals surface area contributed by atoms with E-state index >= 15 is 0 Å². The summed E-state index contributed by atoms with van der Waals surface area (Å²) in [4.78, 5) is 8.48. The maximum Gasteiger partial charge on any atom is 0.139 e. The molecule has 2 rings (SSSR count). The molecule has 0 aliphatic rings. The van der Waals surface area contributed by atoms with Gasteiger partial charge in [0.05, 0.1) is 5.69 Å². The molecule has 72 valence electrons. The highest BCUT2D eigenvalue weighted by molar-refractivity contribution is 7.13. The van der Waals surface area contributed by atoms with Crippen molar-refractivity contribution in [3.63, 3.8) is 0 Å². The van der Waals surface area contributed by atoms with Gasteiger partial charge in [0, 0.05) is 17.1 Å². The Bertz CT molecular complexity index is 439. The van der Waals surface area contributed by atoms with Crippen molar-refractivity contribution >= 4 is 22.9 Å². The Balaban J connectivity index is 2.44. The summed E-state index contributed by atoms with van der Waals surface area (Å²) < 4.78 is 0. The van der Waals surface area contributed by atoms with Gasteiger partial charge in [0.15, 0.2) is 0 Å². The van der Waals surface area contributed by atoms with Crippen LogP contribution in [0.5, 0.6) is 0 Å². The van der Waals surface area contributed by atoms with E-state index in [0.717, 1.165) is 22.7 Å². The molecular formula is C10H9ClN2S. The van der Waals surface area contributed by atoms with Gasteiger partial charge in [0.25, 0.3) is 0 Å². The highest BCUT2D eigenvalue weighted by atomic mass is 35.5. The zero-order chi connectivity index (χ0) is 9.97. The van der Waals surface area contributed by atoms with Crippen LogP contribution in [0, 0.1) is 0 Å². The Morgan fingerprint density at radius 1 is 1.50 bits per heavy atom. The van der Waals surface area contributed by atoms with E-state index < -0.39 is 0 Å². The fourth-order valence-corrected chi connectivity index (χ4v) is 2.33. The molecule has 0 radical (unpaired) electrons. The Morgan fingerprint density at radius 2 is 2.36 bits per heavy atom. The molecule has 0 saturated heterocycles. The second-order valence-corrected chi connectivity index (χ2v) is 4.06. The smallest absolute Gasteiger partial charge is 0.139 e. The topological polar surface area (TPSA) is 25.8 Å². The predicted octanol–water partition coefficient (Wildman–Crippen LogP) is 3.42. The van der Waals surface area contributed by atoms with Crippen LogP contribution < -0.4 is 0 Å². The summed E-state index contributed by atoms with van der Waals surface area (Å²) in [5, 5.41) is 3.52. The van der Waals surface area contributed by atoms with Crippen LogP contribution in [0.4, 0.5) is 0 Å². The van der Waals surface area contributed by atoms with Crippen molar-refractivity contribution in [2.75, 3.05) is 0 Å². The van der Waals surface area contributed by atoms with Crippen molar-refractivity contribution in [3.8, 4) is 10.6 Å². The molecule has 4 heteroatoms. The maximum atomic E-state index is 5.97. The van der Waals surface area contributed by atoms with Gasteiger partial charge in [-0.3, -0.25) is 0 Å². The molecule has 2 heterocycles. The monoisotopic (exact) mass is 224 g/mol. The van der Waals surface area contributed by atoms with Crippen LogP contribution in [0.2, 0.25) is 5.15 Å². The number of thiazole rings is 1. The first-order valence-electron chi connectivity index (χ1n) is 4.36. The van der Waals surface area contributed by atoms with Gasteiger partial charge in [-0.25, -0.2) is 9.97 Å². The first-order chi connectivity index (χ1) is 6.81. The summed E-state index contributed by atoms with van der Waals surface area (Å²) in [7, 11) is 0. The van der Waals surface area contributed by atoms with Crippen LogP contribution in [0.1, 0.15) is 12.6 Å². The molecule has 0 unspecified atom stereocenters. The van der Waals surface area contributed by atoms with Crippen molar-refractivity contribution in [1.82, 2.24) is 9.97 Å². The number of nitrogens with zero attached hydrogens (tertiary/aromatic N) is 2. The van der Waals surface area contributed by atoms with E-state index in [1.165, 1.54) is 0 Å². The number of aryl methyl sites for hydroxylation is 1. The molecule has 0 bridgehead atoms. The van der Waals surface area contributed by atoms with Crippen molar-refractivity contribution < 1.29 is 0 Å². The van der Waals surface area contributed by atoms with Crippen LogP contribution in [0.25, 0.3) is 10.6 Å². The summed E-state index contributed by atoms with van der Waals surface area (Å²) in [6.07, 6.45) is 2.63. The minimum absolute atomic E-state index is 0.518. The van der Waals surface area contributed by atoms with E-state index in [1.807, 2.05) is 12.1 Å². The fraction of sp³-hybridized carbons (Fsp3) is 0.200. The highest BCUT2D eigenvalue weighted by Gasteiger charge is 2.07. The average Bonchev–Trinajstić information content (AvgIpc) is 2.67. The lowest BCUT2D eigenvalue weighted by atomic mass is 10.3. The molecule has 0 aromatic carbocycles.